The van der Waals surface area contributed by atoms with Gasteiger partial charge in [-0.3, -0.25) is 0 Å². The third-order valence-electron chi connectivity index (χ3n) is 1.24. The Hall–Kier alpha value is -0.700. The molecule has 62 valence electrons. The SMILES string of the molecule is Cc1cc(NCCCCl)no1. The molecule has 0 unspecified atom stereocenters. The fourth-order valence-corrected chi connectivity index (χ4v) is 0.867. The molecular weight excluding hydrogens is 164 g/mol. The van der Waals surface area contributed by atoms with E-state index in [1.807, 2.05) is 13.0 Å². The van der Waals surface area contributed by atoms with Gasteiger partial charge in [0.15, 0.2) is 5.82 Å². The third kappa shape index (κ3) is 2.80. The fraction of sp³-hybridized carbons (Fsp3) is 0.571. The number of alkyl halides is 1. The molecule has 0 aliphatic rings. The Morgan fingerprint density at radius 3 is 3.09 bits per heavy atom. The Morgan fingerprint density at radius 1 is 1.73 bits per heavy atom. The molecule has 0 spiro atoms. The molecule has 0 atom stereocenters. The summed E-state index contributed by atoms with van der Waals surface area (Å²) in [5.74, 6) is 2.27. The van der Waals surface area contributed by atoms with E-state index < -0.39 is 0 Å². The number of nitrogens with one attached hydrogen (secondary N) is 1. The molecule has 0 radical (unpaired) electrons. The summed E-state index contributed by atoms with van der Waals surface area (Å²) in [6, 6.07) is 1.86. The lowest BCUT2D eigenvalue weighted by Gasteiger charge is -1.96. The first-order chi connectivity index (χ1) is 5.33. The van der Waals surface area contributed by atoms with Gasteiger partial charge in [-0.05, 0) is 13.3 Å². The van der Waals surface area contributed by atoms with Crippen molar-refractivity contribution in [2.75, 3.05) is 17.7 Å². The van der Waals surface area contributed by atoms with Crippen LogP contribution in [0.25, 0.3) is 0 Å². The minimum atomic E-state index is 0.670. The van der Waals surface area contributed by atoms with Crippen LogP contribution < -0.4 is 5.32 Å². The number of anilines is 1. The molecule has 3 nitrogen and oxygen atoms in total. The van der Waals surface area contributed by atoms with Crippen LogP contribution in [0.3, 0.4) is 0 Å². The van der Waals surface area contributed by atoms with Crippen molar-refractivity contribution in [2.45, 2.75) is 13.3 Å². The van der Waals surface area contributed by atoms with Crippen LogP contribution in [0.5, 0.6) is 0 Å². The maximum absolute atomic E-state index is 5.49. The van der Waals surface area contributed by atoms with E-state index in [0.29, 0.717) is 5.88 Å². The number of aryl methyl sites for hydroxylation is 1. The summed E-state index contributed by atoms with van der Waals surface area (Å²) in [7, 11) is 0. The van der Waals surface area contributed by atoms with E-state index in [1.54, 1.807) is 0 Å². The van der Waals surface area contributed by atoms with E-state index in [1.165, 1.54) is 0 Å². The minimum absolute atomic E-state index is 0.670. The molecule has 0 saturated heterocycles. The van der Waals surface area contributed by atoms with Gasteiger partial charge in [0, 0.05) is 18.5 Å². The van der Waals surface area contributed by atoms with Gasteiger partial charge in [-0.15, -0.1) is 11.6 Å². The van der Waals surface area contributed by atoms with Gasteiger partial charge in [0.25, 0.3) is 0 Å². The molecule has 0 aromatic carbocycles. The molecule has 0 saturated carbocycles. The van der Waals surface area contributed by atoms with Crippen LogP contribution >= 0.6 is 11.6 Å². The predicted octanol–water partition coefficient (Wildman–Crippen LogP) is 2.02. The Balaban J connectivity index is 2.27. The molecule has 1 aromatic heterocycles. The maximum atomic E-state index is 5.49. The average molecular weight is 175 g/mol. The first-order valence-corrected chi connectivity index (χ1v) is 4.09. The lowest BCUT2D eigenvalue weighted by atomic mass is 10.4. The smallest absolute Gasteiger partial charge is 0.169 e. The molecule has 1 heterocycles. The van der Waals surface area contributed by atoms with E-state index in [4.69, 9.17) is 16.1 Å². The first-order valence-electron chi connectivity index (χ1n) is 3.56. The number of aromatic nitrogens is 1. The number of halogens is 1. The summed E-state index contributed by atoms with van der Waals surface area (Å²) in [6.07, 6.45) is 0.938. The molecule has 0 bridgehead atoms. The summed E-state index contributed by atoms with van der Waals surface area (Å²) in [6.45, 7) is 2.70. The van der Waals surface area contributed by atoms with Gasteiger partial charge in [0.2, 0.25) is 0 Å². The molecule has 0 amide bonds. The van der Waals surface area contributed by atoms with Crippen LogP contribution in [-0.2, 0) is 0 Å². The summed E-state index contributed by atoms with van der Waals surface area (Å²) < 4.78 is 4.85. The Morgan fingerprint density at radius 2 is 2.55 bits per heavy atom. The lowest BCUT2D eigenvalue weighted by Crippen LogP contribution is -2.01. The predicted molar refractivity (Wildman–Crippen MR) is 45.1 cm³/mol. The van der Waals surface area contributed by atoms with Crippen molar-refractivity contribution >= 4 is 17.4 Å². The quantitative estimate of drug-likeness (QED) is 0.561. The second-order valence-corrected chi connectivity index (χ2v) is 2.67. The maximum Gasteiger partial charge on any atom is 0.169 e. The highest BCUT2D eigenvalue weighted by Gasteiger charge is 1.96. The van der Waals surface area contributed by atoms with Gasteiger partial charge in [-0.1, -0.05) is 5.16 Å². The van der Waals surface area contributed by atoms with E-state index >= 15 is 0 Å². The molecule has 0 aliphatic heterocycles. The summed E-state index contributed by atoms with van der Waals surface area (Å²) in [5, 5.41) is 6.84. The monoisotopic (exact) mass is 174 g/mol. The number of hydrogen-bond donors (Lipinski definition) is 1. The Bertz CT molecular complexity index is 212. The fourth-order valence-electron chi connectivity index (χ4n) is 0.733. The zero-order valence-electron chi connectivity index (χ0n) is 6.43. The van der Waals surface area contributed by atoms with Crippen molar-refractivity contribution in [3.8, 4) is 0 Å². The van der Waals surface area contributed by atoms with E-state index in [0.717, 1.165) is 24.5 Å². The molecule has 0 aliphatic carbocycles. The van der Waals surface area contributed by atoms with Crippen molar-refractivity contribution in [2.24, 2.45) is 0 Å². The molecule has 0 fully saturated rings. The minimum Gasteiger partial charge on any atom is -0.367 e. The van der Waals surface area contributed by atoms with Gasteiger partial charge in [0.05, 0.1) is 0 Å². The van der Waals surface area contributed by atoms with Crippen molar-refractivity contribution in [1.29, 1.82) is 0 Å². The number of nitrogens with zero attached hydrogens (tertiary/aromatic N) is 1. The van der Waals surface area contributed by atoms with Gasteiger partial charge < -0.3 is 9.84 Å². The Kier molecular flexibility index (Phi) is 3.23. The normalized spacial score (nSPS) is 10.0. The van der Waals surface area contributed by atoms with Crippen LogP contribution in [0, 0.1) is 6.92 Å². The van der Waals surface area contributed by atoms with Crippen LogP contribution in [-0.4, -0.2) is 17.6 Å². The van der Waals surface area contributed by atoms with Gasteiger partial charge in [-0.2, -0.15) is 0 Å². The third-order valence-corrected chi connectivity index (χ3v) is 1.51. The molecular formula is C7H11ClN2O. The van der Waals surface area contributed by atoms with Crippen molar-refractivity contribution in [3.63, 3.8) is 0 Å². The van der Waals surface area contributed by atoms with Crippen molar-refractivity contribution in [1.82, 2.24) is 5.16 Å². The van der Waals surface area contributed by atoms with Crippen LogP contribution in [0.1, 0.15) is 12.2 Å². The zero-order chi connectivity index (χ0) is 8.10. The highest BCUT2D eigenvalue weighted by atomic mass is 35.5. The summed E-state index contributed by atoms with van der Waals surface area (Å²) in [4.78, 5) is 0. The van der Waals surface area contributed by atoms with E-state index in [2.05, 4.69) is 10.5 Å². The molecule has 1 rings (SSSR count). The first kappa shape index (κ1) is 8.40. The van der Waals surface area contributed by atoms with E-state index in [-0.39, 0.29) is 0 Å². The largest absolute Gasteiger partial charge is 0.367 e. The summed E-state index contributed by atoms with van der Waals surface area (Å²) >= 11 is 5.49. The lowest BCUT2D eigenvalue weighted by molar-refractivity contribution is 0.399. The highest BCUT2D eigenvalue weighted by Crippen LogP contribution is 2.06. The van der Waals surface area contributed by atoms with Gasteiger partial charge in [0.1, 0.15) is 5.76 Å². The van der Waals surface area contributed by atoms with E-state index in [9.17, 15) is 0 Å². The number of rotatable bonds is 4. The molecule has 4 heteroatoms. The van der Waals surface area contributed by atoms with Crippen LogP contribution in [0.2, 0.25) is 0 Å². The van der Waals surface area contributed by atoms with Gasteiger partial charge in [-0.25, -0.2) is 0 Å². The Labute approximate surface area is 70.7 Å². The average Bonchev–Trinajstić information content (AvgIpc) is 2.37. The van der Waals surface area contributed by atoms with Crippen LogP contribution in [0.4, 0.5) is 5.82 Å². The van der Waals surface area contributed by atoms with Gasteiger partial charge >= 0.3 is 0 Å². The molecule has 11 heavy (non-hydrogen) atoms. The second-order valence-electron chi connectivity index (χ2n) is 2.29. The van der Waals surface area contributed by atoms with Crippen LogP contribution in [0.15, 0.2) is 10.6 Å². The topological polar surface area (TPSA) is 38.1 Å². The second kappa shape index (κ2) is 4.23. The van der Waals surface area contributed by atoms with Crippen molar-refractivity contribution in [3.05, 3.63) is 11.8 Å². The molecule has 1 aromatic rings. The summed E-state index contributed by atoms with van der Waals surface area (Å²) in [5.41, 5.74) is 0. The van der Waals surface area contributed by atoms with Crippen molar-refractivity contribution < 1.29 is 4.52 Å². The molecule has 1 N–H and O–H groups in total. The standard InChI is InChI=1S/C7H11ClN2O/c1-6-5-7(10-11-6)9-4-2-3-8/h5H,2-4H2,1H3,(H,9,10). The highest BCUT2D eigenvalue weighted by molar-refractivity contribution is 6.17. The zero-order valence-corrected chi connectivity index (χ0v) is 7.19. The number of hydrogen-bond acceptors (Lipinski definition) is 3.